The van der Waals surface area contributed by atoms with Gasteiger partial charge in [-0.15, -0.1) is 0 Å². The second-order valence-corrected chi connectivity index (χ2v) is 4.35. The molecule has 0 atom stereocenters. The number of Topliss-reactive ketones (excluding diaryl/α,β-unsaturated/α-hetero) is 1. The summed E-state index contributed by atoms with van der Waals surface area (Å²) in [4.78, 5) is 27.2. The van der Waals surface area contributed by atoms with Crippen molar-refractivity contribution < 1.29 is 4.79 Å². The predicted molar refractivity (Wildman–Crippen MR) is 60.1 cm³/mol. The Morgan fingerprint density at radius 3 is 2.81 bits per heavy atom. The maximum atomic E-state index is 11.9. The highest BCUT2D eigenvalue weighted by Gasteiger charge is 2.21. The average Bonchev–Trinajstić information content (AvgIpc) is 2.33. The van der Waals surface area contributed by atoms with Crippen LogP contribution in [0.4, 0.5) is 0 Å². The summed E-state index contributed by atoms with van der Waals surface area (Å²) in [5.74, 6) is 0.329. The van der Waals surface area contributed by atoms with E-state index >= 15 is 0 Å². The van der Waals surface area contributed by atoms with E-state index in [0.717, 1.165) is 25.7 Å². The summed E-state index contributed by atoms with van der Waals surface area (Å²) in [5, 5.41) is 0. The fourth-order valence-electron chi connectivity index (χ4n) is 2.22. The largest absolute Gasteiger partial charge is 0.297 e. The third kappa shape index (κ3) is 2.56. The first kappa shape index (κ1) is 11.0. The molecule has 2 rings (SSSR count). The monoisotopic (exact) mass is 220 g/mol. The third-order valence-corrected chi connectivity index (χ3v) is 3.18. The number of rotatable bonds is 3. The molecule has 1 heterocycles. The molecule has 1 aromatic heterocycles. The second kappa shape index (κ2) is 5.05. The van der Waals surface area contributed by atoms with Crippen molar-refractivity contribution in [1.82, 2.24) is 9.55 Å². The Bertz CT molecular complexity index is 419. The summed E-state index contributed by atoms with van der Waals surface area (Å²) < 4.78 is 1.39. The minimum atomic E-state index is -0.154. The van der Waals surface area contributed by atoms with Gasteiger partial charge in [0, 0.05) is 18.2 Å². The minimum absolute atomic E-state index is 0.154. The Balaban J connectivity index is 2.01. The number of hydrogen-bond donors (Lipinski definition) is 0. The third-order valence-electron chi connectivity index (χ3n) is 3.18. The van der Waals surface area contributed by atoms with E-state index in [2.05, 4.69) is 4.98 Å². The number of nitrogens with zero attached hydrogens (tertiary/aromatic N) is 2. The van der Waals surface area contributed by atoms with Crippen LogP contribution in [0.15, 0.2) is 23.4 Å². The number of ketones is 1. The zero-order valence-electron chi connectivity index (χ0n) is 9.26. The molecule has 1 saturated carbocycles. The summed E-state index contributed by atoms with van der Waals surface area (Å²) in [6.45, 7) is 0.178. The number of carbonyl (C=O) groups is 1. The van der Waals surface area contributed by atoms with Crippen LogP contribution in [0.5, 0.6) is 0 Å². The van der Waals surface area contributed by atoms with Crippen LogP contribution in [0.2, 0.25) is 0 Å². The van der Waals surface area contributed by atoms with E-state index in [-0.39, 0.29) is 23.8 Å². The van der Waals surface area contributed by atoms with Gasteiger partial charge in [0.05, 0.1) is 12.9 Å². The molecule has 4 nitrogen and oxygen atoms in total. The quantitative estimate of drug-likeness (QED) is 0.773. The van der Waals surface area contributed by atoms with Crippen molar-refractivity contribution in [2.45, 2.75) is 38.6 Å². The Labute approximate surface area is 94.3 Å². The van der Waals surface area contributed by atoms with Gasteiger partial charge in [0.25, 0.3) is 5.56 Å². The standard InChI is InChI=1S/C12H16N2O2/c15-11(10-4-2-1-3-5-10)8-14-9-13-7-6-12(14)16/h6-7,9-10H,1-5,8H2. The van der Waals surface area contributed by atoms with Crippen molar-refractivity contribution in [3.05, 3.63) is 28.9 Å². The van der Waals surface area contributed by atoms with Crippen molar-refractivity contribution in [1.29, 1.82) is 0 Å². The van der Waals surface area contributed by atoms with Crippen LogP contribution in [0.25, 0.3) is 0 Å². The molecule has 4 heteroatoms. The molecule has 16 heavy (non-hydrogen) atoms. The molecule has 0 aliphatic heterocycles. The van der Waals surface area contributed by atoms with E-state index in [4.69, 9.17) is 0 Å². The van der Waals surface area contributed by atoms with Crippen LogP contribution in [-0.4, -0.2) is 15.3 Å². The smallest absolute Gasteiger partial charge is 0.253 e. The first-order valence-electron chi connectivity index (χ1n) is 5.80. The lowest BCUT2D eigenvalue weighted by Crippen LogP contribution is -2.28. The van der Waals surface area contributed by atoms with Crippen LogP contribution in [0.1, 0.15) is 32.1 Å². The van der Waals surface area contributed by atoms with Gasteiger partial charge in [0.15, 0.2) is 5.78 Å². The Hall–Kier alpha value is -1.45. The summed E-state index contributed by atoms with van der Waals surface area (Å²) in [5.41, 5.74) is -0.154. The molecule has 1 aliphatic carbocycles. The highest BCUT2D eigenvalue weighted by Crippen LogP contribution is 2.24. The molecule has 0 aromatic carbocycles. The van der Waals surface area contributed by atoms with Crippen molar-refractivity contribution in [3.63, 3.8) is 0 Å². The molecule has 0 saturated heterocycles. The van der Waals surface area contributed by atoms with E-state index < -0.39 is 0 Å². The van der Waals surface area contributed by atoms with E-state index in [1.54, 1.807) is 0 Å². The molecule has 1 aromatic rings. The lowest BCUT2D eigenvalue weighted by Gasteiger charge is -2.20. The van der Waals surface area contributed by atoms with Gasteiger partial charge in [0.2, 0.25) is 0 Å². The first-order chi connectivity index (χ1) is 7.77. The molecular weight excluding hydrogens is 204 g/mol. The van der Waals surface area contributed by atoms with E-state index in [9.17, 15) is 9.59 Å². The number of hydrogen-bond acceptors (Lipinski definition) is 3. The molecule has 0 spiro atoms. The molecule has 0 amide bonds. The fraction of sp³-hybridized carbons (Fsp3) is 0.583. The lowest BCUT2D eigenvalue weighted by molar-refractivity contribution is -0.124. The molecule has 0 bridgehead atoms. The van der Waals surface area contributed by atoms with Crippen molar-refractivity contribution >= 4 is 5.78 Å². The molecule has 1 fully saturated rings. The molecule has 0 N–H and O–H groups in total. The molecule has 1 aliphatic rings. The number of aromatic nitrogens is 2. The number of carbonyl (C=O) groups excluding carboxylic acids is 1. The van der Waals surface area contributed by atoms with Crippen LogP contribution in [-0.2, 0) is 11.3 Å². The Morgan fingerprint density at radius 2 is 2.12 bits per heavy atom. The zero-order chi connectivity index (χ0) is 11.4. The normalized spacial score (nSPS) is 17.2. The zero-order valence-corrected chi connectivity index (χ0v) is 9.26. The highest BCUT2D eigenvalue weighted by molar-refractivity contribution is 5.80. The second-order valence-electron chi connectivity index (χ2n) is 4.35. The van der Waals surface area contributed by atoms with Crippen molar-refractivity contribution in [3.8, 4) is 0 Å². The summed E-state index contributed by atoms with van der Waals surface area (Å²) in [7, 11) is 0. The minimum Gasteiger partial charge on any atom is -0.297 e. The van der Waals surface area contributed by atoms with Gasteiger partial charge < -0.3 is 0 Å². The van der Waals surface area contributed by atoms with Crippen LogP contribution >= 0.6 is 0 Å². The van der Waals surface area contributed by atoms with Crippen molar-refractivity contribution in [2.24, 2.45) is 5.92 Å². The predicted octanol–water partition coefficient (Wildman–Crippen LogP) is 1.39. The van der Waals surface area contributed by atoms with Gasteiger partial charge in [-0.3, -0.25) is 14.2 Å². The van der Waals surface area contributed by atoms with E-state index in [0.29, 0.717) is 0 Å². The van der Waals surface area contributed by atoms with Gasteiger partial charge in [-0.2, -0.15) is 0 Å². The van der Waals surface area contributed by atoms with Gasteiger partial charge in [-0.1, -0.05) is 19.3 Å². The van der Waals surface area contributed by atoms with Crippen molar-refractivity contribution in [2.75, 3.05) is 0 Å². The molecular formula is C12H16N2O2. The SMILES string of the molecule is O=C(Cn1cnccc1=O)C1CCCCC1. The maximum Gasteiger partial charge on any atom is 0.253 e. The Morgan fingerprint density at radius 1 is 1.38 bits per heavy atom. The summed E-state index contributed by atoms with van der Waals surface area (Å²) in [6, 6.07) is 1.38. The molecule has 0 radical (unpaired) electrons. The van der Waals surface area contributed by atoms with Gasteiger partial charge in [-0.05, 0) is 12.8 Å². The molecule has 86 valence electrons. The highest BCUT2D eigenvalue weighted by atomic mass is 16.1. The van der Waals surface area contributed by atoms with Gasteiger partial charge >= 0.3 is 0 Å². The lowest BCUT2D eigenvalue weighted by atomic mass is 9.86. The van der Waals surface area contributed by atoms with E-state index in [1.165, 1.54) is 29.6 Å². The van der Waals surface area contributed by atoms with Crippen LogP contribution in [0.3, 0.4) is 0 Å². The fourth-order valence-corrected chi connectivity index (χ4v) is 2.22. The van der Waals surface area contributed by atoms with Gasteiger partial charge in [-0.25, -0.2) is 4.98 Å². The van der Waals surface area contributed by atoms with Crippen LogP contribution < -0.4 is 5.56 Å². The maximum absolute atomic E-state index is 11.9. The average molecular weight is 220 g/mol. The Kier molecular flexibility index (Phi) is 3.49. The van der Waals surface area contributed by atoms with E-state index in [1.807, 2.05) is 0 Å². The summed E-state index contributed by atoms with van der Waals surface area (Å²) >= 11 is 0. The van der Waals surface area contributed by atoms with Crippen LogP contribution in [0, 0.1) is 5.92 Å². The topological polar surface area (TPSA) is 52.0 Å². The summed E-state index contributed by atoms with van der Waals surface area (Å²) in [6.07, 6.45) is 8.35. The van der Waals surface area contributed by atoms with Gasteiger partial charge in [0.1, 0.15) is 0 Å². The first-order valence-corrected chi connectivity index (χ1v) is 5.80. The molecule has 0 unspecified atom stereocenters.